The molecule has 0 atom stereocenters. The minimum absolute atomic E-state index is 0.0438. The SMILES string of the molecule is Cc1oc(-c2ccccc2)nc1COc1cc(COc2cccc(CC(=O)O)c2)ccn1. The molecule has 2 aromatic carbocycles. The summed E-state index contributed by atoms with van der Waals surface area (Å²) in [6.45, 7) is 2.39. The maximum atomic E-state index is 10.9. The van der Waals surface area contributed by atoms with Crippen LogP contribution < -0.4 is 9.47 Å². The Kier molecular flexibility index (Phi) is 6.46. The number of hydrogen-bond acceptors (Lipinski definition) is 6. The minimum Gasteiger partial charge on any atom is -0.489 e. The summed E-state index contributed by atoms with van der Waals surface area (Å²) >= 11 is 0. The zero-order valence-corrected chi connectivity index (χ0v) is 17.5. The molecule has 4 aromatic rings. The van der Waals surface area contributed by atoms with Crippen LogP contribution >= 0.6 is 0 Å². The van der Waals surface area contributed by atoms with Crippen molar-refractivity contribution in [1.82, 2.24) is 9.97 Å². The lowest BCUT2D eigenvalue weighted by Crippen LogP contribution is -2.02. The number of oxazole rings is 1. The molecule has 162 valence electrons. The summed E-state index contributed by atoms with van der Waals surface area (Å²) in [5.74, 6) is 1.44. The summed E-state index contributed by atoms with van der Waals surface area (Å²) in [5.41, 5.74) is 3.18. The Labute approximate surface area is 185 Å². The van der Waals surface area contributed by atoms with Crippen molar-refractivity contribution in [2.24, 2.45) is 0 Å². The van der Waals surface area contributed by atoms with Crippen molar-refractivity contribution in [2.75, 3.05) is 0 Å². The molecule has 1 N–H and O–H groups in total. The first-order valence-corrected chi connectivity index (χ1v) is 10.1. The molecule has 0 aliphatic rings. The highest BCUT2D eigenvalue weighted by Crippen LogP contribution is 2.23. The Morgan fingerprint density at radius 1 is 0.969 bits per heavy atom. The van der Waals surface area contributed by atoms with Crippen LogP contribution in [-0.4, -0.2) is 21.0 Å². The van der Waals surface area contributed by atoms with Gasteiger partial charge in [-0.2, -0.15) is 0 Å². The van der Waals surface area contributed by atoms with E-state index in [1.807, 2.05) is 43.3 Å². The van der Waals surface area contributed by atoms with Gasteiger partial charge in [-0.15, -0.1) is 0 Å². The van der Waals surface area contributed by atoms with E-state index in [9.17, 15) is 4.79 Å². The van der Waals surface area contributed by atoms with Crippen LogP contribution in [-0.2, 0) is 24.4 Å². The number of pyridine rings is 1. The molecule has 0 aliphatic heterocycles. The van der Waals surface area contributed by atoms with Crippen LogP contribution in [0.3, 0.4) is 0 Å². The van der Waals surface area contributed by atoms with Crippen molar-refractivity contribution in [3.05, 3.63) is 95.5 Å². The molecule has 4 rings (SSSR count). The number of carbonyl (C=O) groups is 1. The van der Waals surface area contributed by atoms with Crippen LogP contribution in [0.1, 0.15) is 22.6 Å². The monoisotopic (exact) mass is 430 g/mol. The number of carboxylic acid groups (broad SMARTS) is 1. The third-order valence-electron chi connectivity index (χ3n) is 4.73. The number of aryl methyl sites for hydroxylation is 1. The van der Waals surface area contributed by atoms with E-state index in [1.165, 1.54) is 0 Å². The summed E-state index contributed by atoms with van der Waals surface area (Å²) in [4.78, 5) is 19.7. The Balaban J connectivity index is 1.37. The number of aromatic nitrogens is 2. The van der Waals surface area contributed by atoms with Crippen LogP contribution in [0, 0.1) is 6.92 Å². The average molecular weight is 430 g/mol. The van der Waals surface area contributed by atoms with Gasteiger partial charge >= 0.3 is 5.97 Å². The first-order valence-electron chi connectivity index (χ1n) is 10.1. The molecule has 32 heavy (non-hydrogen) atoms. The molecule has 0 amide bonds. The second kappa shape index (κ2) is 9.78. The molecular weight excluding hydrogens is 408 g/mol. The third-order valence-corrected chi connectivity index (χ3v) is 4.73. The highest BCUT2D eigenvalue weighted by Gasteiger charge is 2.12. The fourth-order valence-corrected chi connectivity index (χ4v) is 3.11. The van der Waals surface area contributed by atoms with E-state index < -0.39 is 5.97 Å². The minimum atomic E-state index is -0.878. The Hall–Kier alpha value is -4.13. The van der Waals surface area contributed by atoms with Gasteiger partial charge in [0.2, 0.25) is 11.8 Å². The average Bonchev–Trinajstić information content (AvgIpc) is 3.17. The number of ether oxygens (including phenoxy) is 2. The van der Waals surface area contributed by atoms with E-state index in [-0.39, 0.29) is 13.0 Å². The van der Waals surface area contributed by atoms with Gasteiger partial charge in [0.25, 0.3) is 0 Å². The Morgan fingerprint density at radius 2 is 1.81 bits per heavy atom. The summed E-state index contributed by atoms with van der Waals surface area (Å²) in [7, 11) is 0. The number of nitrogens with zero attached hydrogens (tertiary/aromatic N) is 2. The molecule has 7 nitrogen and oxygen atoms in total. The van der Waals surface area contributed by atoms with Gasteiger partial charge in [0.15, 0.2) is 0 Å². The van der Waals surface area contributed by atoms with Crippen molar-refractivity contribution in [1.29, 1.82) is 0 Å². The van der Waals surface area contributed by atoms with Gasteiger partial charge in [-0.05, 0) is 48.4 Å². The fourth-order valence-electron chi connectivity index (χ4n) is 3.11. The largest absolute Gasteiger partial charge is 0.489 e. The lowest BCUT2D eigenvalue weighted by Gasteiger charge is -2.09. The van der Waals surface area contributed by atoms with Gasteiger partial charge in [-0.1, -0.05) is 30.3 Å². The van der Waals surface area contributed by atoms with Gasteiger partial charge in [-0.3, -0.25) is 4.79 Å². The van der Waals surface area contributed by atoms with Crippen LogP contribution in [0.4, 0.5) is 0 Å². The lowest BCUT2D eigenvalue weighted by molar-refractivity contribution is -0.136. The van der Waals surface area contributed by atoms with Crippen molar-refractivity contribution in [3.8, 4) is 23.1 Å². The van der Waals surface area contributed by atoms with Crippen LogP contribution in [0.5, 0.6) is 11.6 Å². The summed E-state index contributed by atoms with van der Waals surface area (Å²) in [6.07, 6.45) is 1.61. The smallest absolute Gasteiger partial charge is 0.307 e. The quantitative estimate of drug-likeness (QED) is 0.406. The molecule has 0 fully saturated rings. The molecule has 0 unspecified atom stereocenters. The highest BCUT2D eigenvalue weighted by atomic mass is 16.5. The Morgan fingerprint density at radius 3 is 2.62 bits per heavy atom. The predicted molar refractivity (Wildman–Crippen MR) is 117 cm³/mol. The van der Waals surface area contributed by atoms with Crippen molar-refractivity contribution in [2.45, 2.75) is 26.6 Å². The summed E-state index contributed by atoms with van der Waals surface area (Å²) in [5, 5.41) is 8.93. The summed E-state index contributed by atoms with van der Waals surface area (Å²) in [6, 6.07) is 20.4. The fraction of sp³-hybridized carbons (Fsp3) is 0.160. The van der Waals surface area contributed by atoms with Gasteiger partial charge in [0.1, 0.15) is 30.4 Å². The van der Waals surface area contributed by atoms with Gasteiger partial charge < -0.3 is 19.0 Å². The molecule has 0 radical (unpaired) electrons. The van der Waals surface area contributed by atoms with Crippen molar-refractivity contribution >= 4 is 5.97 Å². The van der Waals surface area contributed by atoms with Crippen LogP contribution in [0.25, 0.3) is 11.5 Å². The van der Waals surface area contributed by atoms with Gasteiger partial charge in [0, 0.05) is 17.8 Å². The topological polar surface area (TPSA) is 94.7 Å². The number of hydrogen-bond donors (Lipinski definition) is 1. The zero-order valence-electron chi connectivity index (χ0n) is 17.5. The molecular formula is C25H22N2O5. The zero-order chi connectivity index (χ0) is 22.3. The van der Waals surface area contributed by atoms with E-state index in [1.54, 1.807) is 36.5 Å². The van der Waals surface area contributed by atoms with E-state index in [0.29, 0.717) is 41.1 Å². The van der Waals surface area contributed by atoms with Crippen LogP contribution in [0.2, 0.25) is 0 Å². The summed E-state index contributed by atoms with van der Waals surface area (Å²) < 4.78 is 17.4. The first kappa shape index (κ1) is 21.1. The third kappa shape index (κ3) is 5.51. The van der Waals surface area contributed by atoms with Crippen molar-refractivity contribution < 1.29 is 23.8 Å². The first-order chi connectivity index (χ1) is 15.6. The van der Waals surface area contributed by atoms with Crippen molar-refractivity contribution in [3.63, 3.8) is 0 Å². The standard InChI is InChI=1S/C25H22N2O5/c1-17-22(27-25(32-17)20-7-3-2-4-8-20)16-31-23-13-19(10-11-26-23)15-30-21-9-5-6-18(12-21)14-24(28)29/h2-13H,14-16H2,1H3,(H,28,29). The number of carboxylic acids is 1. The van der Waals surface area contributed by atoms with E-state index >= 15 is 0 Å². The molecule has 0 spiro atoms. The second-order valence-corrected chi connectivity index (χ2v) is 7.19. The van der Waals surface area contributed by atoms with Gasteiger partial charge in [0.05, 0.1) is 6.42 Å². The van der Waals surface area contributed by atoms with E-state index in [2.05, 4.69) is 9.97 Å². The lowest BCUT2D eigenvalue weighted by atomic mass is 10.1. The van der Waals surface area contributed by atoms with E-state index in [4.69, 9.17) is 19.0 Å². The molecule has 7 heteroatoms. The molecule has 0 aliphatic carbocycles. The normalized spacial score (nSPS) is 10.7. The highest BCUT2D eigenvalue weighted by molar-refractivity contribution is 5.70. The maximum absolute atomic E-state index is 10.9. The predicted octanol–water partition coefficient (Wildman–Crippen LogP) is 4.83. The molecule has 0 bridgehead atoms. The molecule has 2 aromatic heterocycles. The van der Waals surface area contributed by atoms with Gasteiger partial charge in [-0.25, -0.2) is 9.97 Å². The molecule has 0 saturated carbocycles. The maximum Gasteiger partial charge on any atom is 0.307 e. The number of rotatable bonds is 9. The molecule has 2 heterocycles. The second-order valence-electron chi connectivity index (χ2n) is 7.19. The Bertz CT molecular complexity index is 1200. The van der Waals surface area contributed by atoms with Crippen LogP contribution in [0.15, 0.2) is 77.3 Å². The molecule has 0 saturated heterocycles. The number of benzene rings is 2. The number of aliphatic carboxylic acids is 1. The van der Waals surface area contributed by atoms with E-state index in [0.717, 1.165) is 11.1 Å².